The van der Waals surface area contributed by atoms with E-state index in [1.165, 1.54) is 30.5 Å². The predicted molar refractivity (Wildman–Crippen MR) is 88.5 cm³/mol. The molecule has 0 saturated carbocycles. The van der Waals surface area contributed by atoms with E-state index >= 15 is 0 Å². The van der Waals surface area contributed by atoms with Crippen molar-refractivity contribution in [2.24, 2.45) is 0 Å². The summed E-state index contributed by atoms with van der Waals surface area (Å²) in [6.07, 6.45) is 1.28. The standard InChI is InChI=1S/C16H16FN3O3S/c1-3-23-15(22)12-8-19-16(20-14(12)18)24-9(2)13(21)10-4-6-11(17)7-5-10/h4-9H,3H2,1-2H3,(H2,18,19,20)/t9-/m0/s1. The fraction of sp³-hybridized carbons (Fsp3) is 0.250. The quantitative estimate of drug-likeness (QED) is 0.371. The van der Waals surface area contributed by atoms with Gasteiger partial charge in [0.2, 0.25) is 0 Å². The van der Waals surface area contributed by atoms with Crippen molar-refractivity contribution < 1.29 is 18.7 Å². The Balaban J connectivity index is 2.10. The molecule has 0 spiro atoms. The van der Waals surface area contributed by atoms with Crippen molar-refractivity contribution in [2.45, 2.75) is 24.3 Å². The molecule has 0 radical (unpaired) electrons. The third-order valence-corrected chi connectivity index (χ3v) is 4.05. The SMILES string of the molecule is CCOC(=O)c1cnc(S[C@@H](C)C(=O)c2ccc(F)cc2)nc1N. The van der Waals surface area contributed by atoms with Gasteiger partial charge < -0.3 is 10.5 Å². The normalized spacial score (nSPS) is 11.8. The van der Waals surface area contributed by atoms with Crippen LogP contribution in [0, 0.1) is 5.82 Å². The number of benzene rings is 1. The number of carbonyl (C=O) groups excluding carboxylic acids is 2. The maximum atomic E-state index is 12.9. The number of nitrogen functional groups attached to an aromatic ring is 1. The number of hydrogen-bond donors (Lipinski definition) is 1. The fourth-order valence-electron chi connectivity index (χ4n) is 1.86. The minimum Gasteiger partial charge on any atom is -0.462 e. The van der Waals surface area contributed by atoms with E-state index in [4.69, 9.17) is 10.5 Å². The van der Waals surface area contributed by atoms with Gasteiger partial charge in [0.05, 0.1) is 11.9 Å². The summed E-state index contributed by atoms with van der Waals surface area (Å²) < 4.78 is 17.8. The number of halogens is 1. The van der Waals surface area contributed by atoms with Crippen molar-refractivity contribution in [3.63, 3.8) is 0 Å². The first-order valence-corrected chi connectivity index (χ1v) is 8.06. The molecule has 2 aromatic rings. The summed E-state index contributed by atoms with van der Waals surface area (Å²) in [6.45, 7) is 3.59. The van der Waals surface area contributed by atoms with Crippen molar-refractivity contribution in [3.8, 4) is 0 Å². The van der Waals surface area contributed by atoms with Crippen LogP contribution in [0.25, 0.3) is 0 Å². The molecular formula is C16H16FN3O3S. The molecule has 2 N–H and O–H groups in total. The molecule has 0 aliphatic carbocycles. The monoisotopic (exact) mass is 349 g/mol. The lowest BCUT2D eigenvalue weighted by atomic mass is 10.1. The van der Waals surface area contributed by atoms with Crippen LogP contribution in [0.5, 0.6) is 0 Å². The molecular weight excluding hydrogens is 333 g/mol. The Kier molecular flexibility index (Phi) is 5.86. The van der Waals surface area contributed by atoms with Gasteiger partial charge in [-0.3, -0.25) is 4.79 Å². The van der Waals surface area contributed by atoms with Gasteiger partial charge in [-0.2, -0.15) is 0 Å². The van der Waals surface area contributed by atoms with Gasteiger partial charge >= 0.3 is 5.97 Å². The topological polar surface area (TPSA) is 95.2 Å². The second-order valence-corrected chi connectivity index (χ2v) is 6.11. The molecule has 24 heavy (non-hydrogen) atoms. The number of Topliss-reactive ketones (excluding diaryl/α,β-unsaturated/α-hetero) is 1. The second-order valence-electron chi connectivity index (χ2n) is 4.80. The highest BCUT2D eigenvalue weighted by Crippen LogP contribution is 2.24. The zero-order valence-electron chi connectivity index (χ0n) is 13.2. The lowest BCUT2D eigenvalue weighted by Gasteiger charge is -2.10. The van der Waals surface area contributed by atoms with Crippen molar-refractivity contribution in [2.75, 3.05) is 12.3 Å². The molecule has 0 amide bonds. The van der Waals surface area contributed by atoms with Crippen molar-refractivity contribution >= 4 is 29.3 Å². The third-order valence-electron chi connectivity index (χ3n) is 3.07. The first-order valence-electron chi connectivity index (χ1n) is 7.18. The van der Waals surface area contributed by atoms with Crippen LogP contribution >= 0.6 is 11.8 Å². The summed E-state index contributed by atoms with van der Waals surface area (Å²) in [6, 6.07) is 5.31. The van der Waals surface area contributed by atoms with Gasteiger partial charge in [0.1, 0.15) is 17.2 Å². The summed E-state index contributed by atoms with van der Waals surface area (Å²) >= 11 is 1.10. The Morgan fingerprint density at radius 3 is 2.58 bits per heavy atom. The lowest BCUT2D eigenvalue weighted by Crippen LogP contribution is -2.15. The molecule has 1 aromatic heterocycles. The molecule has 6 nitrogen and oxygen atoms in total. The van der Waals surface area contributed by atoms with Gasteiger partial charge in [0.15, 0.2) is 10.9 Å². The predicted octanol–water partition coefficient (Wildman–Crippen LogP) is 2.74. The number of anilines is 1. The van der Waals surface area contributed by atoms with Crippen LogP contribution in [0.1, 0.15) is 34.6 Å². The molecule has 0 fully saturated rings. The third kappa shape index (κ3) is 4.29. The van der Waals surface area contributed by atoms with Gasteiger partial charge in [-0.05, 0) is 38.1 Å². The molecule has 126 valence electrons. The van der Waals surface area contributed by atoms with E-state index in [1.807, 2.05) is 0 Å². The Morgan fingerprint density at radius 2 is 2.00 bits per heavy atom. The van der Waals surface area contributed by atoms with Crippen LogP contribution in [-0.2, 0) is 4.74 Å². The Bertz CT molecular complexity index is 753. The van der Waals surface area contributed by atoms with E-state index in [9.17, 15) is 14.0 Å². The first-order chi connectivity index (χ1) is 11.4. The molecule has 0 saturated heterocycles. The largest absolute Gasteiger partial charge is 0.462 e. The first kappa shape index (κ1) is 17.9. The number of carbonyl (C=O) groups is 2. The molecule has 0 aliphatic rings. The Hall–Kier alpha value is -2.48. The van der Waals surface area contributed by atoms with Gasteiger partial charge in [-0.15, -0.1) is 0 Å². The summed E-state index contributed by atoms with van der Waals surface area (Å²) in [4.78, 5) is 32.0. The summed E-state index contributed by atoms with van der Waals surface area (Å²) in [7, 11) is 0. The average Bonchev–Trinajstić information content (AvgIpc) is 2.55. The second kappa shape index (κ2) is 7.87. The number of hydrogen-bond acceptors (Lipinski definition) is 7. The van der Waals surface area contributed by atoms with Crippen molar-refractivity contribution in [1.82, 2.24) is 9.97 Å². The zero-order valence-corrected chi connectivity index (χ0v) is 14.0. The van der Waals surface area contributed by atoms with Gasteiger partial charge in [0.25, 0.3) is 0 Å². The average molecular weight is 349 g/mol. The number of nitrogens with two attached hydrogens (primary N) is 1. The van der Waals surface area contributed by atoms with E-state index < -0.39 is 17.0 Å². The van der Waals surface area contributed by atoms with Crippen LogP contribution in [0.2, 0.25) is 0 Å². The molecule has 2 rings (SSSR count). The van der Waals surface area contributed by atoms with Crippen molar-refractivity contribution in [1.29, 1.82) is 0 Å². The summed E-state index contributed by atoms with van der Waals surface area (Å²) in [5, 5.41) is -0.230. The van der Waals surface area contributed by atoms with Crippen molar-refractivity contribution in [3.05, 3.63) is 47.4 Å². The zero-order chi connectivity index (χ0) is 17.7. The number of thioether (sulfide) groups is 1. The maximum absolute atomic E-state index is 12.9. The minimum absolute atomic E-state index is 0.00705. The molecule has 8 heteroatoms. The van der Waals surface area contributed by atoms with Crippen LogP contribution in [-0.4, -0.2) is 33.6 Å². The molecule has 0 bridgehead atoms. The van der Waals surface area contributed by atoms with Gasteiger partial charge in [-0.25, -0.2) is 19.2 Å². The number of ether oxygens (including phenoxy) is 1. The van der Waals surface area contributed by atoms with E-state index in [-0.39, 0.29) is 28.9 Å². The molecule has 1 heterocycles. The number of ketones is 1. The molecule has 0 aliphatic heterocycles. The van der Waals surface area contributed by atoms with E-state index in [0.29, 0.717) is 5.56 Å². The smallest absolute Gasteiger partial charge is 0.343 e. The molecule has 0 unspecified atom stereocenters. The summed E-state index contributed by atoms with van der Waals surface area (Å²) in [5.41, 5.74) is 6.22. The number of aromatic nitrogens is 2. The Morgan fingerprint density at radius 1 is 1.33 bits per heavy atom. The van der Waals surface area contributed by atoms with Crippen LogP contribution in [0.3, 0.4) is 0 Å². The van der Waals surface area contributed by atoms with E-state index in [0.717, 1.165) is 11.8 Å². The number of esters is 1. The molecule has 1 aromatic carbocycles. The number of rotatable bonds is 6. The molecule has 1 atom stereocenters. The summed E-state index contributed by atoms with van der Waals surface area (Å²) in [5.74, 6) is -1.19. The van der Waals surface area contributed by atoms with Gasteiger partial charge in [-0.1, -0.05) is 11.8 Å². The van der Waals surface area contributed by atoms with E-state index in [2.05, 4.69) is 9.97 Å². The van der Waals surface area contributed by atoms with Crippen LogP contribution < -0.4 is 5.73 Å². The fourth-order valence-corrected chi connectivity index (χ4v) is 2.69. The van der Waals surface area contributed by atoms with E-state index in [1.54, 1.807) is 13.8 Å². The highest BCUT2D eigenvalue weighted by Gasteiger charge is 2.20. The Labute approximate surface area is 142 Å². The lowest BCUT2D eigenvalue weighted by molar-refractivity contribution is 0.0526. The minimum atomic E-state index is -0.595. The van der Waals surface area contributed by atoms with Gasteiger partial charge in [0, 0.05) is 11.8 Å². The number of nitrogens with zero attached hydrogens (tertiary/aromatic N) is 2. The highest BCUT2D eigenvalue weighted by atomic mass is 32.2. The van der Waals surface area contributed by atoms with Crippen LogP contribution in [0.15, 0.2) is 35.6 Å². The highest BCUT2D eigenvalue weighted by molar-refractivity contribution is 8.00. The van der Waals surface area contributed by atoms with Crippen LogP contribution in [0.4, 0.5) is 10.2 Å². The maximum Gasteiger partial charge on any atom is 0.343 e.